The summed E-state index contributed by atoms with van der Waals surface area (Å²) in [6, 6.07) is 18.3. The van der Waals surface area contributed by atoms with Gasteiger partial charge in [-0.05, 0) is 24.3 Å². The first-order valence-corrected chi connectivity index (χ1v) is 11.0. The minimum Gasteiger partial charge on any atom is -0.365 e. The largest absolute Gasteiger partial charge is 0.365 e. The second kappa shape index (κ2) is 9.61. The van der Waals surface area contributed by atoms with Crippen LogP contribution in [0.1, 0.15) is 27.0 Å². The zero-order valence-electron chi connectivity index (χ0n) is 15.8. The molecule has 0 saturated heterocycles. The Morgan fingerprint density at radius 1 is 1.04 bits per heavy atom. The van der Waals surface area contributed by atoms with E-state index in [1.165, 1.54) is 29.1 Å². The van der Waals surface area contributed by atoms with Crippen LogP contribution in [0.25, 0.3) is 0 Å². The van der Waals surface area contributed by atoms with Crippen LogP contribution < -0.4 is 11.1 Å². The first-order chi connectivity index (χ1) is 13.6. The maximum atomic E-state index is 12.2. The monoisotopic (exact) mass is 410 g/mol. The van der Waals surface area contributed by atoms with Crippen molar-refractivity contribution < 1.29 is 4.79 Å². The Labute approximate surface area is 173 Å². The number of aryl methyl sites for hydroxylation is 1. The molecule has 0 aliphatic heterocycles. The molecule has 0 fully saturated rings. The Kier molecular flexibility index (Phi) is 6.95. The van der Waals surface area contributed by atoms with Crippen molar-refractivity contribution in [2.24, 2.45) is 5.73 Å². The van der Waals surface area contributed by atoms with Gasteiger partial charge in [0.2, 0.25) is 0 Å². The van der Waals surface area contributed by atoms with E-state index in [0.717, 1.165) is 11.1 Å². The average Bonchev–Trinajstić information content (AvgIpc) is 2.71. The highest BCUT2D eigenvalue weighted by Gasteiger charge is 2.19. The third-order valence-electron chi connectivity index (χ3n) is 4.08. The summed E-state index contributed by atoms with van der Waals surface area (Å²) in [5.74, 6) is 0.640. The summed E-state index contributed by atoms with van der Waals surface area (Å²) in [6.45, 7) is 2.60. The lowest BCUT2D eigenvalue weighted by atomic mass is 10.1. The number of carbonyl (C=O) groups excluding carboxylic acids is 1. The molecule has 5 nitrogen and oxygen atoms in total. The predicted octanol–water partition coefficient (Wildman–Crippen LogP) is 4.51. The minimum absolute atomic E-state index is 0.339. The van der Waals surface area contributed by atoms with E-state index < -0.39 is 5.91 Å². The molecule has 0 bridgehead atoms. The summed E-state index contributed by atoms with van der Waals surface area (Å²) >= 11 is 2.93. The van der Waals surface area contributed by atoms with Crippen LogP contribution in [0.4, 0.5) is 5.82 Å². The zero-order valence-corrected chi connectivity index (χ0v) is 17.4. The highest BCUT2D eigenvalue weighted by Crippen LogP contribution is 2.30. The number of hydrogen-bond donors (Lipinski definition) is 2. The van der Waals surface area contributed by atoms with Crippen LogP contribution in [0.15, 0.2) is 64.8 Å². The van der Waals surface area contributed by atoms with Gasteiger partial charge in [0.15, 0.2) is 5.16 Å². The van der Waals surface area contributed by atoms with E-state index in [1.54, 1.807) is 0 Å². The van der Waals surface area contributed by atoms with Gasteiger partial charge in [0, 0.05) is 12.3 Å². The summed E-state index contributed by atoms with van der Waals surface area (Å²) in [4.78, 5) is 21.2. The van der Waals surface area contributed by atoms with Gasteiger partial charge in [0.1, 0.15) is 16.4 Å². The third kappa shape index (κ3) is 5.27. The molecule has 3 rings (SSSR count). The van der Waals surface area contributed by atoms with Crippen LogP contribution in [0.5, 0.6) is 0 Å². The van der Waals surface area contributed by atoms with Crippen molar-refractivity contribution >= 4 is 35.2 Å². The lowest BCUT2D eigenvalue weighted by molar-refractivity contribution is 0.0997. The summed E-state index contributed by atoms with van der Waals surface area (Å²) in [5, 5.41) is 4.47. The number of nitrogens with two attached hydrogens (primary N) is 1. The quantitative estimate of drug-likeness (QED) is 0.323. The molecule has 0 aliphatic rings. The first kappa shape index (κ1) is 20.2. The molecule has 0 aliphatic carbocycles. The van der Waals surface area contributed by atoms with Gasteiger partial charge in [0.25, 0.3) is 5.91 Å². The van der Waals surface area contributed by atoms with Crippen LogP contribution in [-0.2, 0) is 12.3 Å². The van der Waals surface area contributed by atoms with Crippen molar-refractivity contribution in [1.82, 2.24) is 9.97 Å². The SMILES string of the molecule is CSc1nc(NCc2ccc(C)cc2)c(C(N)=O)c(SCc2ccccc2)n1. The van der Waals surface area contributed by atoms with E-state index in [9.17, 15) is 4.79 Å². The van der Waals surface area contributed by atoms with Crippen molar-refractivity contribution in [2.75, 3.05) is 11.6 Å². The molecule has 3 N–H and O–H groups in total. The molecule has 144 valence electrons. The summed E-state index contributed by atoms with van der Waals surface area (Å²) in [7, 11) is 0. The molecule has 0 spiro atoms. The van der Waals surface area contributed by atoms with Gasteiger partial charge in [-0.2, -0.15) is 0 Å². The standard InChI is InChI=1S/C21H22N4OS2/c1-14-8-10-15(11-9-14)12-23-19-17(18(22)26)20(25-21(24-19)27-2)28-13-16-6-4-3-5-7-16/h3-11H,12-13H2,1-2H3,(H2,22,26)(H,23,24,25). The molecule has 1 heterocycles. The topological polar surface area (TPSA) is 80.9 Å². The number of aromatic nitrogens is 2. The molecule has 7 heteroatoms. The summed E-state index contributed by atoms with van der Waals surface area (Å²) in [5.41, 5.74) is 9.48. The first-order valence-electron chi connectivity index (χ1n) is 8.79. The van der Waals surface area contributed by atoms with Crippen LogP contribution in [-0.4, -0.2) is 22.1 Å². The number of nitrogens with zero attached hydrogens (tertiary/aromatic N) is 2. The van der Waals surface area contributed by atoms with Crippen LogP contribution in [0, 0.1) is 6.92 Å². The van der Waals surface area contributed by atoms with Gasteiger partial charge >= 0.3 is 0 Å². The van der Waals surface area contributed by atoms with E-state index in [2.05, 4.69) is 27.4 Å². The number of hydrogen-bond acceptors (Lipinski definition) is 6. The predicted molar refractivity (Wildman–Crippen MR) is 117 cm³/mol. The minimum atomic E-state index is -0.533. The smallest absolute Gasteiger partial charge is 0.255 e. The molecule has 2 aromatic carbocycles. The molecular formula is C21H22N4OS2. The number of rotatable bonds is 8. The van der Waals surface area contributed by atoms with Crippen molar-refractivity contribution in [1.29, 1.82) is 0 Å². The number of benzene rings is 2. The maximum absolute atomic E-state index is 12.2. The van der Waals surface area contributed by atoms with Crippen molar-refractivity contribution in [3.63, 3.8) is 0 Å². The number of anilines is 1. The molecule has 3 aromatic rings. The van der Waals surface area contributed by atoms with E-state index in [-0.39, 0.29) is 0 Å². The lowest BCUT2D eigenvalue weighted by Crippen LogP contribution is -2.18. The van der Waals surface area contributed by atoms with Crippen molar-refractivity contribution in [2.45, 2.75) is 29.4 Å². The fourth-order valence-electron chi connectivity index (χ4n) is 2.58. The number of primary amides is 1. The van der Waals surface area contributed by atoms with Gasteiger partial charge in [-0.15, -0.1) is 11.8 Å². The Balaban J connectivity index is 1.87. The molecule has 28 heavy (non-hydrogen) atoms. The third-order valence-corrected chi connectivity index (χ3v) is 5.68. The molecule has 0 radical (unpaired) electrons. The van der Waals surface area contributed by atoms with Crippen LogP contribution in [0.2, 0.25) is 0 Å². The van der Waals surface area contributed by atoms with E-state index in [1.807, 2.05) is 55.6 Å². The zero-order chi connectivity index (χ0) is 19.9. The second-order valence-corrected chi connectivity index (χ2v) is 7.95. The summed E-state index contributed by atoms with van der Waals surface area (Å²) < 4.78 is 0. The second-order valence-electron chi connectivity index (χ2n) is 6.22. The molecule has 0 unspecified atom stereocenters. The lowest BCUT2D eigenvalue weighted by Gasteiger charge is -2.14. The Morgan fingerprint density at radius 2 is 1.75 bits per heavy atom. The van der Waals surface area contributed by atoms with E-state index in [0.29, 0.717) is 33.9 Å². The van der Waals surface area contributed by atoms with E-state index in [4.69, 9.17) is 5.73 Å². The van der Waals surface area contributed by atoms with Gasteiger partial charge in [-0.1, -0.05) is 71.9 Å². The Hall–Kier alpha value is -2.51. The highest BCUT2D eigenvalue weighted by atomic mass is 32.2. The van der Waals surface area contributed by atoms with Crippen LogP contribution in [0.3, 0.4) is 0 Å². The van der Waals surface area contributed by atoms with Crippen LogP contribution >= 0.6 is 23.5 Å². The number of thioether (sulfide) groups is 2. The van der Waals surface area contributed by atoms with Gasteiger partial charge in [-0.25, -0.2) is 9.97 Å². The van der Waals surface area contributed by atoms with Gasteiger partial charge in [0.05, 0.1) is 0 Å². The number of carbonyl (C=O) groups is 1. The molecule has 1 aromatic heterocycles. The highest BCUT2D eigenvalue weighted by molar-refractivity contribution is 7.99. The average molecular weight is 411 g/mol. The van der Waals surface area contributed by atoms with Gasteiger partial charge < -0.3 is 11.1 Å². The number of amides is 1. The molecule has 0 atom stereocenters. The normalized spacial score (nSPS) is 10.6. The Bertz CT molecular complexity index is 947. The summed E-state index contributed by atoms with van der Waals surface area (Å²) in [6.07, 6.45) is 1.91. The molecule has 0 saturated carbocycles. The molecular weight excluding hydrogens is 388 g/mol. The fraction of sp³-hybridized carbons (Fsp3) is 0.190. The maximum Gasteiger partial charge on any atom is 0.255 e. The Morgan fingerprint density at radius 3 is 2.39 bits per heavy atom. The van der Waals surface area contributed by atoms with E-state index >= 15 is 0 Å². The van der Waals surface area contributed by atoms with Gasteiger partial charge in [-0.3, -0.25) is 4.79 Å². The van der Waals surface area contributed by atoms with Crippen molar-refractivity contribution in [3.8, 4) is 0 Å². The molecule has 1 amide bonds. The number of nitrogens with one attached hydrogen (secondary N) is 1. The van der Waals surface area contributed by atoms with Crippen molar-refractivity contribution in [3.05, 3.63) is 76.9 Å². The fourth-order valence-corrected chi connectivity index (χ4v) is 4.00.